The van der Waals surface area contributed by atoms with Gasteiger partial charge < -0.3 is 10.1 Å². The molecule has 2 unspecified atom stereocenters. The van der Waals surface area contributed by atoms with Gasteiger partial charge in [-0.2, -0.15) is 0 Å². The van der Waals surface area contributed by atoms with Crippen LogP contribution < -0.4 is 5.32 Å². The zero-order valence-electron chi connectivity index (χ0n) is 12.4. The van der Waals surface area contributed by atoms with Crippen LogP contribution in [-0.2, 0) is 9.53 Å². The molecule has 2 rings (SSSR count). The average molecular weight is 293 g/mol. The van der Waals surface area contributed by atoms with Crippen LogP contribution in [0.4, 0.5) is 0 Å². The fourth-order valence-electron chi connectivity index (χ4n) is 2.56. The summed E-state index contributed by atoms with van der Waals surface area (Å²) in [4.78, 5) is 13.2. The molecule has 1 N–H and O–H groups in total. The maximum atomic E-state index is 11.8. The van der Waals surface area contributed by atoms with E-state index in [2.05, 4.69) is 43.4 Å². The minimum atomic E-state index is -0.197. The smallest absolute Gasteiger partial charge is 0.322 e. The average Bonchev–Trinajstić information content (AvgIpc) is 2.85. The van der Waals surface area contributed by atoms with E-state index in [0.29, 0.717) is 11.8 Å². The molecule has 3 nitrogen and oxygen atoms in total. The summed E-state index contributed by atoms with van der Waals surface area (Å²) in [5.41, 5.74) is 1.40. The molecule has 20 heavy (non-hydrogen) atoms. The van der Waals surface area contributed by atoms with Gasteiger partial charge in [-0.25, -0.2) is 0 Å². The predicted octanol–water partition coefficient (Wildman–Crippen LogP) is 3.05. The van der Waals surface area contributed by atoms with Crippen LogP contribution in [0, 0.1) is 5.92 Å². The Kier molecular flexibility index (Phi) is 5.49. The standard InChI is InChI=1S/C16H23NO2S/c1-11(2)8-14(16(18)19-3)17-9-12-10-20-15-7-5-4-6-13(12)15/h4-7,11-12,14,17H,8-10H2,1-3H3. The van der Waals surface area contributed by atoms with Crippen LogP contribution in [-0.4, -0.2) is 31.4 Å². The lowest BCUT2D eigenvalue weighted by atomic mass is 9.99. The van der Waals surface area contributed by atoms with Gasteiger partial charge in [-0.1, -0.05) is 32.0 Å². The number of carbonyl (C=O) groups is 1. The van der Waals surface area contributed by atoms with Crippen LogP contribution in [0.1, 0.15) is 31.7 Å². The van der Waals surface area contributed by atoms with Crippen LogP contribution >= 0.6 is 11.8 Å². The molecule has 0 saturated heterocycles. The van der Waals surface area contributed by atoms with Crippen molar-refractivity contribution in [1.82, 2.24) is 5.32 Å². The maximum absolute atomic E-state index is 11.8. The van der Waals surface area contributed by atoms with Crippen molar-refractivity contribution in [2.45, 2.75) is 37.1 Å². The fourth-order valence-corrected chi connectivity index (χ4v) is 3.81. The van der Waals surface area contributed by atoms with Gasteiger partial charge in [0.1, 0.15) is 6.04 Å². The normalized spacial score (nSPS) is 18.9. The third-order valence-electron chi connectivity index (χ3n) is 3.60. The van der Waals surface area contributed by atoms with Crippen molar-refractivity contribution in [1.29, 1.82) is 0 Å². The van der Waals surface area contributed by atoms with Crippen molar-refractivity contribution in [3.8, 4) is 0 Å². The molecule has 0 spiro atoms. The number of nitrogens with one attached hydrogen (secondary N) is 1. The van der Waals surface area contributed by atoms with Crippen LogP contribution in [0.5, 0.6) is 0 Å². The number of carbonyl (C=O) groups excluding carboxylic acids is 1. The van der Waals surface area contributed by atoms with Gasteiger partial charge in [0.25, 0.3) is 0 Å². The second-order valence-electron chi connectivity index (χ2n) is 5.66. The number of hydrogen-bond acceptors (Lipinski definition) is 4. The molecule has 0 fully saturated rings. The number of rotatable bonds is 6. The van der Waals surface area contributed by atoms with E-state index in [1.807, 2.05) is 11.8 Å². The summed E-state index contributed by atoms with van der Waals surface area (Å²) < 4.78 is 4.89. The minimum absolute atomic E-state index is 0.155. The molecule has 110 valence electrons. The Morgan fingerprint density at radius 2 is 2.20 bits per heavy atom. The van der Waals surface area contributed by atoms with Gasteiger partial charge in [0.05, 0.1) is 7.11 Å². The first-order valence-electron chi connectivity index (χ1n) is 7.14. The first kappa shape index (κ1) is 15.4. The molecule has 1 aromatic carbocycles. The number of benzene rings is 1. The van der Waals surface area contributed by atoms with Gasteiger partial charge in [-0.3, -0.25) is 4.79 Å². The Balaban J connectivity index is 1.95. The van der Waals surface area contributed by atoms with Crippen molar-refractivity contribution < 1.29 is 9.53 Å². The fraction of sp³-hybridized carbons (Fsp3) is 0.562. The number of hydrogen-bond donors (Lipinski definition) is 1. The number of thioether (sulfide) groups is 1. The van der Waals surface area contributed by atoms with E-state index in [0.717, 1.165) is 18.7 Å². The van der Waals surface area contributed by atoms with E-state index in [1.165, 1.54) is 17.6 Å². The van der Waals surface area contributed by atoms with Gasteiger partial charge in [0, 0.05) is 23.1 Å². The topological polar surface area (TPSA) is 38.3 Å². The molecule has 0 amide bonds. The Bertz CT molecular complexity index is 462. The van der Waals surface area contributed by atoms with Crippen LogP contribution in [0.3, 0.4) is 0 Å². The van der Waals surface area contributed by atoms with E-state index >= 15 is 0 Å². The molecule has 0 bridgehead atoms. The van der Waals surface area contributed by atoms with Crippen molar-refractivity contribution in [3.63, 3.8) is 0 Å². The molecule has 0 aromatic heterocycles. The highest BCUT2D eigenvalue weighted by Gasteiger charge is 2.26. The second kappa shape index (κ2) is 7.14. The van der Waals surface area contributed by atoms with Crippen molar-refractivity contribution in [3.05, 3.63) is 29.8 Å². The van der Waals surface area contributed by atoms with Gasteiger partial charge in [0.15, 0.2) is 0 Å². The Morgan fingerprint density at radius 1 is 1.45 bits per heavy atom. The van der Waals surface area contributed by atoms with E-state index in [1.54, 1.807) is 0 Å². The van der Waals surface area contributed by atoms with Crippen LogP contribution in [0.25, 0.3) is 0 Å². The SMILES string of the molecule is COC(=O)C(CC(C)C)NCC1CSc2ccccc21. The number of esters is 1. The van der Waals surface area contributed by atoms with E-state index in [4.69, 9.17) is 4.74 Å². The quantitative estimate of drug-likeness (QED) is 0.818. The number of fused-ring (bicyclic) bond motifs is 1. The summed E-state index contributed by atoms with van der Waals surface area (Å²) in [6.07, 6.45) is 0.814. The summed E-state index contributed by atoms with van der Waals surface area (Å²) in [6.45, 7) is 5.08. The lowest BCUT2D eigenvalue weighted by Gasteiger charge is -2.20. The van der Waals surface area contributed by atoms with Gasteiger partial charge in [-0.05, 0) is 24.0 Å². The molecule has 1 heterocycles. The third kappa shape index (κ3) is 3.76. The first-order valence-corrected chi connectivity index (χ1v) is 8.13. The predicted molar refractivity (Wildman–Crippen MR) is 83.2 cm³/mol. The lowest BCUT2D eigenvalue weighted by Crippen LogP contribution is -2.40. The second-order valence-corrected chi connectivity index (χ2v) is 6.72. The molecule has 0 aliphatic carbocycles. The highest BCUT2D eigenvalue weighted by Crippen LogP contribution is 2.38. The van der Waals surface area contributed by atoms with Gasteiger partial charge in [-0.15, -0.1) is 11.8 Å². The Labute approximate surface area is 125 Å². The monoisotopic (exact) mass is 293 g/mol. The molecule has 0 radical (unpaired) electrons. The van der Waals surface area contributed by atoms with Gasteiger partial charge >= 0.3 is 5.97 Å². The number of methoxy groups -OCH3 is 1. The van der Waals surface area contributed by atoms with Crippen LogP contribution in [0.2, 0.25) is 0 Å². The molecule has 0 saturated carbocycles. The van der Waals surface area contributed by atoms with E-state index in [-0.39, 0.29) is 12.0 Å². The number of ether oxygens (including phenoxy) is 1. The van der Waals surface area contributed by atoms with Crippen LogP contribution in [0.15, 0.2) is 29.2 Å². The first-order chi connectivity index (χ1) is 9.61. The summed E-state index contributed by atoms with van der Waals surface area (Å²) in [6, 6.07) is 8.34. The van der Waals surface area contributed by atoms with Crippen molar-refractivity contribution in [2.75, 3.05) is 19.4 Å². The molecule has 1 aliphatic heterocycles. The van der Waals surface area contributed by atoms with E-state index < -0.39 is 0 Å². The molecular formula is C16H23NO2S. The highest BCUT2D eigenvalue weighted by molar-refractivity contribution is 7.99. The molecule has 1 aliphatic rings. The van der Waals surface area contributed by atoms with Gasteiger partial charge in [0.2, 0.25) is 0 Å². The van der Waals surface area contributed by atoms with Crippen molar-refractivity contribution in [2.24, 2.45) is 5.92 Å². The largest absolute Gasteiger partial charge is 0.468 e. The summed E-state index contributed by atoms with van der Waals surface area (Å²) >= 11 is 1.90. The minimum Gasteiger partial charge on any atom is -0.468 e. The molecular weight excluding hydrogens is 270 g/mol. The Hall–Kier alpha value is -1.00. The molecule has 2 atom stereocenters. The summed E-state index contributed by atoms with van der Waals surface area (Å²) in [7, 11) is 1.46. The molecule has 4 heteroatoms. The Morgan fingerprint density at radius 3 is 2.90 bits per heavy atom. The highest BCUT2D eigenvalue weighted by atomic mass is 32.2. The third-order valence-corrected chi connectivity index (χ3v) is 4.85. The lowest BCUT2D eigenvalue weighted by molar-refractivity contribution is -0.143. The summed E-state index contributed by atoms with van der Waals surface area (Å²) in [5, 5.41) is 3.40. The van der Waals surface area contributed by atoms with Crippen molar-refractivity contribution >= 4 is 17.7 Å². The van der Waals surface area contributed by atoms with E-state index in [9.17, 15) is 4.79 Å². The zero-order chi connectivity index (χ0) is 14.5. The molecule has 1 aromatic rings. The zero-order valence-corrected chi connectivity index (χ0v) is 13.2. The summed E-state index contributed by atoms with van der Waals surface area (Å²) in [5.74, 6) is 1.88. The maximum Gasteiger partial charge on any atom is 0.322 e.